The molecule has 0 aliphatic heterocycles. The summed E-state index contributed by atoms with van der Waals surface area (Å²) >= 11 is 0. The van der Waals surface area contributed by atoms with Crippen molar-refractivity contribution in [3.63, 3.8) is 0 Å². The fraction of sp³-hybridized carbons (Fsp3) is 0.818. The summed E-state index contributed by atoms with van der Waals surface area (Å²) in [5.41, 5.74) is 0. The summed E-state index contributed by atoms with van der Waals surface area (Å²) in [4.78, 5) is 0. The molecule has 0 saturated heterocycles. The second-order valence-corrected chi connectivity index (χ2v) is 7.01. The molecule has 17 heavy (non-hydrogen) atoms. The number of unbranched alkanes of at least 4 members (excludes halogenated alkanes) is 1. The van der Waals surface area contributed by atoms with Gasteiger partial charge in [0.1, 0.15) is 0 Å². The summed E-state index contributed by atoms with van der Waals surface area (Å²) < 4.78 is 65.8. The highest BCUT2D eigenvalue weighted by Crippen LogP contribution is 2.60. The topological polar surface area (TPSA) is 34.1 Å². The zero-order valence-corrected chi connectivity index (χ0v) is 10.3. The van der Waals surface area contributed by atoms with E-state index < -0.39 is 38.3 Å². The Morgan fingerprint density at radius 1 is 1.24 bits per heavy atom. The molecule has 1 saturated carbocycles. The van der Waals surface area contributed by atoms with Gasteiger partial charge in [-0.3, -0.25) is 0 Å². The maximum absolute atomic E-state index is 14.5. The SMILES string of the molecule is CCCCS(=O)(=O)C1(F)C2C=CC(C2)C1(F)F. The van der Waals surface area contributed by atoms with Gasteiger partial charge in [0.25, 0.3) is 5.00 Å². The van der Waals surface area contributed by atoms with E-state index in [4.69, 9.17) is 0 Å². The first-order chi connectivity index (χ1) is 7.77. The summed E-state index contributed by atoms with van der Waals surface area (Å²) in [6.07, 6.45) is 3.16. The average molecular weight is 268 g/mol. The summed E-state index contributed by atoms with van der Waals surface area (Å²) in [6, 6.07) is 0. The first-order valence-corrected chi connectivity index (χ1v) is 7.40. The highest BCUT2D eigenvalue weighted by Gasteiger charge is 2.75. The van der Waals surface area contributed by atoms with Crippen LogP contribution < -0.4 is 0 Å². The van der Waals surface area contributed by atoms with E-state index in [9.17, 15) is 21.6 Å². The normalized spacial score (nSPS) is 38.8. The van der Waals surface area contributed by atoms with Crippen molar-refractivity contribution in [2.75, 3.05) is 5.75 Å². The first-order valence-electron chi connectivity index (χ1n) is 5.74. The van der Waals surface area contributed by atoms with Crippen molar-refractivity contribution in [3.05, 3.63) is 12.2 Å². The van der Waals surface area contributed by atoms with E-state index in [0.717, 1.165) is 0 Å². The number of allylic oxidation sites excluding steroid dienone is 2. The van der Waals surface area contributed by atoms with Gasteiger partial charge in [-0.1, -0.05) is 25.5 Å². The van der Waals surface area contributed by atoms with Gasteiger partial charge in [0.15, 0.2) is 9.84 Å². The van der Waals surface area contributed by atoms with Crippen LogP contribution in [0.25, 0.3) is 0 Å². The van der Waals surface area contributed by atoms with E-state index in [1.165, 1.54) is 12.2 Å². The minimum Gasteiger partial charge on any atom is -0.225 e. The smallest absolute Gasteiger partial charge is 0.225 e. The average Bonchev–Trinajstić information content (AvgIpc) is 2.79. The highest BCUT2D eigenvalue weighted by molar-refractivity contribution is 7.92. The standard InChI is InChI=1S/C11H15F3O2S/c1-2-3-6-17(15,16)11(14)9-5-4-8(7-9)10(11,12)13/h4-5,8-9H,2-3,6-7H2,1H3. The van der Waals surface area contributed by atoms with Gasteiger partial charge in [-0.05, 0) is 12.8 Å². The van der Waals surface area contributed by atoms with Crippen molar-refractivity contribution in [1.29, 1.82) is 0 Å². The Hall–Kier alpha value is -0.520. The second kappa shape index (κ2) is 3.73. The van der Waals surface area contributed by atoms with Crippen molar-refractivity contribution in [2.45, 2.75) is 37.1 Å². The maximum atomic E-state index is 14.5. The molecule has 0 radical (unpaired) electrons. The highest BCUT2D eigenvalue weighted by atomic mass is 32.2. The van der Waals surface area contributed by atoms with Crippen LogP contribution in [-0.4, -0.2) is 25.1 Å². The number of halogens is 3. The number of rotatable bonds is 4. The van der Waals surface area contributed by atoms with Gasteiger partial charge >= 0.3 is 5.92 Å². The Balaban J connectivity index is 2.40. The third-order valence-corrected chi connectivity index (χ3v) is 6.01. The zero-order chi connectivity index (χ0) is 12.9. The van der Waals surface area contributed by atoms with Gasteiger partial charge in [-0.15, -0.1) is 0 Å². The van der Waals surface area contributed by atoms with E-state index in [2.05, 4.69) is 0 Å². The third kappa shape index (κ3) is 1.49. The molecule has 3 unspecified atom stereocenters. The summed E-state index contributed by atoms with van der Waals surface area (Å²) in [5, 5.41) is -3.39. The summed E-state index contributed by atoms with van der Waals surface area (Å²) in [6.45, 7) is 1.74. The molecule has 3 atom stereocenters. The molecule has 2 bridgehead atoms. The van der Waals surface area contributed by atoms with Gasteiger partial charge in [0.2, 0.25) is 0 Å². The van der Waals surface area contributed by atoms with Crippen LogP contribution in [0.1, 0.15) is 26.2 Å². The lowest BCUT2D eigenvalue weighted by Crippen LogP contribution is -2.54. The predicted octanol–water partition coefficient (Wildman–Crippen LogP) is 2.71. The predicted molar refractivity (Wildman–Crippen MR) is 58.2 cm³/mol. The number of alkyl halides is 3. The fourth-order valence-corrected chi connectivity index (χ4v) is 4.83. The van der Waals surface area contributed by atoms with Crippen LogP contribution in [0.5, 0.6) is 0 Å². The lowest BCUT2D eigenvalue weighted by Gasteiger charge is -2.33. The molecular weight excluding hydrogens is 253 g/mol. The summed E-state index contributed by atoms with van der Waals surface area (Å²) in [7, 11) is -4.43. The van der Waals surface area contributed by atoms with Crippen LogP contribution in [0.2, 0.25) is 0 Å². The van der Waals surface area contributed by atoms with Crippen molar-refractivity contribution < 1.29 is 21.6 Å². The van der Waals surface area contributed by atoms with Crippen molar-refractivity contribution in [2.24, 2.45) is 11.8 Å². The summed E-state index contributed by atoms with van der Waals surface area (Å²) in [5.74, 6) is -6.76. The van der Waals surface area contributed by atoms with Gasteiger partial charge in [-0.2, -0.15) is 0 Å². The van der Waals surface area contributed by atoms with Crippen LogP contribution in [0.15, 0.2) is 12.2 Å². The second-order valence-electron chi connectivity index (χ2n) is 4.77. The zero-order valence-electron chi connectivity index (χ0n) is 9.50. The Kier molecular flexibility index (Phi) is 2.84. The molecule has 2 rings (SSSR count). The molecule has 6 heteroatoms. The number of fused-ring (bicyclic) bond motifs is 2. The number of hydrogen-bond donors (Lipinski definition) is 0. The number of sulfone groups is 1. The van der Waals surface area contributed by atoms with E-state index in [0.29, 0.717) is 6.42 Å². The van der Waals surface area contributed by atoms with Crippen molar-refractivity contribution >= 4 is 9.84 Å². The van der Waals surface area contributed by atoms with Gasteiger partial charge in [0, 0.05) is 11.8 Å². The Morgan fingerprint density at radius 2 is 1.82 bits per heavy atom. The van der Waals surface area contributed by atoms with Crippen LogP contribution in [0.4, 0.5) is 13.2 Å². The first kappa shape index (κ1) is 12.9. The minimum atomic E-state index is -4.43. The van der Waals surface area contributed by atoms with Crippen LogP contribution in [-0.2, 0) is 9.84 Å². The van der Waals surface area contributed by atoms with E-state index in [1.54, 1.807) is 6.92 Å². The van der Waals surface area contributed by atoms with Crippen molar-refractivity contribution in [1.82, 2.24) is 0 Å². The molecule has 0 N–H and O–H groups in total. The Labute approximate surface area is 98.8 Å². The fourth-order valence-electron chi connectivity index (χ4n) is 2.66. The van der Waals surface area contributed by atoms with Crippen molar-refractivity contribution in [3.8, 4) is 0 Å². The maximum Gasteiger partial charge on any atom is 0.302 e. The lowest BCUT2D eigenvalue weighted by molar-refractivity contribution is -0.103. The quantitative estimate of drug-likeness (QED) is 0.735. The monoisotopic (exact) mass is 268 g/mol. The molecule has 0 aromatic rings. The molecule has 0 aromatic heterocycles. The Bertz CT molecular complexity index is 444. The van der Waals surface area contributed by atoms with E-state index in [-0.39, 0.29) is 12.8 Å². The molecule has 98 valence electrons. The lowest BCUT2D eigenvalue weighted by atomic mass is 10.0. The van der Waals surface area contributed by atoms with Crippen LogP contribution in [0.3, 0.4) is 0 Å². The van der Waals surface area contributed by atoms with E-state index >= 15 is 0 Å². The molecule has 2 nitrogen and oxygen atoms in total. The molecule has 2 aliphatic rings. The van der Waals surface area contributed by atoms with Crippen LogP contribution >= 0.6 is 0 Å². The molecular formula is C11H15F3O2S. The van der Waals surface area contributed by atoms with E-state index in [1.807, 2.05) is 0 Å². The minimum absolute atomic E-state index is 0.102. The largest absolute Gasteiger partial charge is 0.302 e. The molecule has 0 amide bonds. The van der Waals surface area contributed by atoms with Gasteiger partial charge in [0.05, 0.1) is 5.75 Å². The molecule has 1 fully saturated rings. The third-order valence-electron chi connectivity index (χ3n) is 3.70. The molecule has 0 aromatic carbocycles. The van der Waals surface area contributed by atoms with Crippen LogP contribution in [0, 0.1) is 11.8 Å². The number of hydrogen-bond acceptors (Lipinski definition) is 2. The van der Waals surface area contributed by atoms with Gasteiger partial charge < -0.3 is 0 Å². The molecule has 2 aliphatic carbocycles. The van der Waals surface area contributed by atoms with Gasteiger partial charge in [-0.25, -0.2) is 21.6 Å². The molecule has 0 spiro atoms. The Morgan fingerprint density at radius 3 is 2.29 bits per heavy atom. The molecule has 0 heterocycles.